The number of hydrogen-bond acceptors (Lipinski definition) is 1. The summed E-state index contributed by atoms with van der Waals surface area (Å²) in [4.78, 5) is 0. The Kier molecular flexibility index (Phi) is 4.37. The van der Waals surface area contributed by atoms with Crippen molar-refractivity contribution >= 4 is 15.9 Å². The largest absolute Gasteiger partial charge is 0.349 e. The third kappa shape index (κ3) is 3.04. The average Bonchev–Trinajstić information content (AvgIpc) is 2.87. The van der Waals surface area contributed by atoms with Gasteiger partial charge in [0.25, 0.3) is 0 Å². The summed E-state index contributed by atoms with van der Waals surface area (Å²) in [6.07, 6.45) is 3.71. The molecule has 0 saturated carbocycles. The highest BCUT2D eigenvalue weighted by atomic mass is 79.9. The molecule has 2 nitrogen and oxygen atoms in total. The average molecular weight is 329 g/mol. The fourth-order valence-electron chi connectivity index (χ4n) is 1.88. The molecule has 1 aromatic heterocycles. The van der Waals surface area contributed by atoms with Gasteiger partial charge in [-0.1, -0.05) is 0 Å². The first kappa shape index (κ1) is 14.2. The van der Waals surface area contributed by atoms with Gasteiger partial charge in [0.15, 0.2) is 0 Å². The predicted octanol–water partition coefficient (Wildman–Crippen LogP) is 3.86. The minimum atomic E-state index is -0.545. The van der Waals surface area contributed by atoms with E-state index in [0.717, 1.165) is 5.56 Å². The molecule has 5 heteroatoms. The molecule has 19 heavy (non-hydrogen) atoms. The Morgan fingerprint density at radius 1 is 1.32 bits per heavy atom. The zero-order chi connectivity index (χ0) is 14.0. The molecule has 1 aromatic carbocycles. The van der Waals surface area contributed by atoms with Crippen molar-refractivity contribution in [3.63, 3.8) is 0 Å². The number of benzene rings is 1. The van der Waals surface area contributed by atoms with E-state index in [1.165, 1.54) is 12.1 Å². The van der Waals surface area contributed by atoms with Crippen molar-refractivity contribution in [1.82, 2.24) is 9.88 Å². The molecule has 1 heterocycles. The van der Waals surface area contributed by atoms with Gasteiger partial charge in [-0.15, -0.1) is 0 Å². The number of rotatable bonds is 4. The van der Waals surface area contributed by atoms with Crippen molar-refractivity contribution in [3.8, 4) is 0 Å². The molecule has 1 unspecified atom stereocenters. The van der Waals surface area contributed by atoms with Gasteiger partial charge >= 0.3 is 0 Å². The smallest absolute Gasteiger partial charge is 0.145 e. The van der Waals surface area contributed by atoms with Crippen LogP contribution in [0.5, 0.6) is 0 Å². The molecule has 0 bridgehead atoms. The van der Waals surface area contributed by atoms with Gasteiger partial charge in [0.05, 0.1) is 11.0 Å². The van der Waals surface area contributed by atoms with E-state index < -0.39 is 11.6 Å². The van der Waals surface area contributed by atoms with Crippen LogP contribution in [0, 0.1) is 11.6 Å². The number of aromatic nitrogens is 1. The lowest BCUT2D eigenvalue weighted by molar-refractivity contribution is 0.540. The van der Waals surface area contributed by atoms with E-state index in [-0.39, 0.29) is 22.6 Å². The first-order chi connectivity index (χ1) is 9.02. The molecular formula is C14H15BrF2N2. The van der Waals surface area contributed by atoms with Gasteiger partial charge in [-0.05, 0) is 53.7 Å². The first-order valence-electron chi connectivity index (χ1n) is 5.98. The van der Waals surface area contributed by atoms with Gasteiger partial charge in [0.2, 0.25) is 0 Å². The summed E-state index contributed by atoms with van der Waals surface area (Å²) in [7, 11) is 1.87. The highest BCUT2D eigenvalue weighted by Crippen LogP contribution is 2.23. The summed E-state index contributed by atoms with van der Waals surface area (Å²) in [5.41, 5.74) is 1.15. The van der Waals surface area contributed by atoms with E-state index >= 15 is 0 Å². The maximum Gasteiger partial charge on any atom is 0.145 e. The van der Waals surface area contributed by atoms with Crippen molar-refractivity contribution in [2.24, 2.45) is 0 Å². The number of halogens is 3. The molecular weight excluding hydrogens is 314 g/mol. The van der Waals surface area contributed by atoms with E-state index in [2.05, 4.69) is 21.2 Å². The van der Waals surface area contributed by atoms with E-state index in [1.54, 1.807) is 4.57 Å². The molecule has 1 N–H and O–H groups in total. The number of nitrogens with zero attached hydrogens (tertiary/aromatic N) is 1. The molecule has 0 amide bonds. The van der Waals surface area contributed by atoms with Gasteiger partial charge in [0.1, 0.15) is 11.6 Å². The lowest BCUT2D eigenvalue weighted by atomic mass is 10.2. The Balaban J connectivity index is 2.27. The molecule has 2 rings (SSSR count). The number of nitrogens with one attached hydrogen (secondary N) is 1. The third-order valence-corrected chi connectivity index (χ3v) is 3.80. The van der Waals surface area contributed by atoms with E-state index in [9.17, 15) is 8.78 Å². The van der Waals surface area contributed by atoms with Gasteiger partial charge in [-0.3, -0.25) is 0 Å². The van der Waals surface area contributed by atoms with Gasteiger partial charge < -0.3 is 9.88 Å². The summed E-state index contributed by atoms with van der Waals surface area (Å²) in [6.45, 7) is 2.20. The quantitative estimate of drug-likeness (QED) is 0.843. The molecule has 0 spiro atoms. The second-order valence-corrected chi connectivity index (χ2v) is 5.30. The Bertz CT molecular complexity index is 581. The van der Waals surface area contributed by atoms with Crippen molar-refractivity contribution in [3.05, 3.63) is 57.8 Å². The van der Waals surface area contributed by atoms with Crippen LogP contribution >= 0.6 is 15.9 Å². The summed E-state index contributed by atoms with van der Waals surface area (Å²) in [5.74, 6) is -1.07. The van der Waals surface area contributed by atoms with Gasteiger partial charge in [0, 0.05) is 24.0 Å². The number of hydrogen-bond donors (Lipinski definition) is 1. The molecule has 0 aliphatic heterocycles. The minimum Gasteiger partial charge on any atom is -0.349 e. The van der Waals surface area contributed by atoms with Crippen LogP contribution in [0.2, 0.25) is 0 Å². The Morgan fingerprint density at radius 3 is 2.74 bits per heavy atom. The van der Waals surface area contributed by atoms with Crippen LogP contribution in [-0.4, -0.2) is 11.6 Å². The second kappa shape index (κ2) is 5.84. The molecule has 0 fully saturated rings. The van der Waals surface area contributed by atoms with Crippen molar-refractivity contribution < 1.29 is 8.78 Å². The molecule has 1 atom stereocenters. The van der Waals surface area contributed by atoms with Crippen LogP contribution in [0.1, 0.15) is 24.1 Å². The Hall–Kier alpha value is -1.20. The molecule has 0 aliphatic rings. The Morgan fingerprint density at radius 2 is 2.05 bits per heavy atom. The highest BCUT2D eigenvalue weighted by Gasteiger charge is 2.13. The summed E-state index contributed by atoms with van der Waals surface area (Å²) in [5, 5.41) is 3.12. The van der Waals surface area contributed by atoms with Crippen LogP contribution in [0.15, 0.2) is 35.1 Å². The normalized spacial score (nSPS) is 12.7. The standard InChI is InChI=1S/C14H15BrF2N2/c1-9(18-2)10-5-6-19(7-10)8-11-13(16)4-3-12(15)14(11)17/h3-7,9,18H,8H2,1-2H3. The lowest BCUT2D eigenvalue weighted by Crippen LogP contribution is -2.11. The molecule has 0 radical (unpaired) electrons. The van der Waals surface area contributed by atoms with Crippen LogP contribution in [0.4, 0.5) is 8.78 Å². The summed E-state index contributed by atoms with van der Waals surface area (Å²) >= 11 is 3.07. The Labute approximate surface area is 119 Å². The highest BCUT2D eigenvalue weighted by molar-refractivity contribution is 9.10. The zero-order valence-corrected chi connectivity index (χ0v) is 12.3. The summed E-state index contributed by atoms with van der Waals surface area (Å²) < 4.78 is 29.6. The lowest BCUT2D eigenvalue weighted by Gasteiger charge is -2.09. The molecule has 102 valence electrons. The minimum absolute atomic E-state index is 0.0636. The van der Waals surface area contributed by atoms with Gasteiger partial charge in [-0.2, -0.15) is 0 Å². The first-order valence-corrected chi connectivity index (χ1v) is 6.77. The van der Waals surface area contributed by atoms with Crippen LogP contribution in [-0.2, 0) is 6.54 Å². The summed E-state index contributed by atoms with van der Waals surface area (Å²) in [6, 6.07) is 4.79. The van der Waals surface area contributed by atoms with Crippen molar-refractivity contribution in [1.29, 1.82) is 0 Å². The predicted molar refractivity (Wildman–Crippen MR) is 75.1 cm³/mol. The second-order valence-electron chi connectivity index (χ2n) is 4.45. The van der Waals surface area contributed by atoms with E-state index in [4.69, 9.17) is 0 Å². The molecule has 0 saturated heterocycles. The maximum atomic E-state index is 13.9. The molecule has 0 aliphatic carbocycles. The molecule has 2 aromatic rings. The van der Waals surface area contributed by atoms with Crippen LogP contribution < -0.4 is 5.32 Å². The van der Waals surface area contributed by atoms with Crippen LogP contribution in [0.25, 0.3) is 0 Å². The van der Waals surface area contributed by atoms with Crippen LogP contribution in [0.3, 0.4) is 0 Å². The van der Waals surface area contributed by atoms with E-state index in [0.29, 0.717) is 0 Å². The fraction of sp³-hybridized carbons (Fsp3) is 0.286. The monoisotopic (exact) mass is 328 g/mol. The van der Waals surface area contributed by atoms with Crippen molar-refractivity contribution in [2.45, 2.75) is 19.5 Å². The third-order valence-electron chi connectivity index (χ3n) is 3.19. The SMILES string of the molecule is CNC(C)c1ccn(Cc2c(F)ccc(Br)c2F)c1. The fourth-order valence-corrected chi connectivity index (χ4v) is 2.25. The van der Waals surface area contributed by atoms with Gasteiger partial charge in [-0.25, -0.2) is 8.78 Å². The van der Waals surface area contributed by atoms with E-state index in [1.807, 2.05) is 32.4 Å². The zero-order valence-electron chi connectivity index (χ0n) is 10.8. The van der Waals surface area contributed by atoms with Crippen molar-refractivity contribution in [2.75, 3.05) is 7.05 Å². The topological polar surface area (TPSA) is 17.0 Å². The maximum absolute atomic E-state index is 13.9.